The highest BCUT2D eigenvalue weighted by Crippen LogP contribution is 2.45. The molecule has 0 N–H and O–H groups in total. The lowest BCUT2D eigenvalue weighted by molar-refractivity contribution is 0.0697. The highest BCUT2D eigenvalue weighted by Gasteiger charge is 2.34. The van der Waals surface area contributed by atoms with Crippen LogP contribution in [0.5, 0.6) is 11.5 Å². The zero-order valence-electron chi connectivity index (χ0n) is 21.6. The van der Waals surface area contributed by atoms with Gasteiger partial charge in [0.1, 0.15) is 16.9 Å². The molecule has 1 saturated heterocycles. The molecule has 1 unspecified atom stereocenters. The van der Waals surface area contributed by atoms with E-state index in [1.54, 1.807) is 11.8 Å². The summed E-state index contributed by atoms with van der Waals surface area (Å²) in [7, 11) is 0. The molecule has 0 radical (unpaired) electrons. The minimum atomic E-state index is -0.0796. The van der Waals surface area contributed by atoms with Crippen LogP contribution in [-0.4, -0.2) is 41.9 Å². The van der Waals surface area contributed by atoms with Gasteiger partial charge < -0.3 is 14.5 Å². The molecule has 0 spiro atoms. The standard InChI is InChI=1S/C31H36N2O2S/c1-31(2,3)24-14-16-25(17-15-24)35-26-11-9-10-23(22-26)30-33(21-20-32-18-7-4-8-19-32)29(34)27-12-5-6-13-28(27)36-30/h5-6,9-17,22,30H,4,7-8,18-21H2,1-3H3. The molecule has 36 heavy (non-hydrogen) atoms. The van der Waals surface area contributed by atoms with Crippen molar-refractivity contribution < 1.29 is 9.53 Å². The van der Waals surface area contributed by atoms with Gasteiger partial charge in [-0.25, -0.2) is 0 Å². The number of nitrogens with zero attached hydrogens (tertiary/aromatic N) is 2. The Morgan fingerprint density at radius 3 is 2.36 bits per heavy atom. The average molecular weight is 501 g/mol. The smallest absolute Gasteiger partial charge is 0.256 e. The van der Waals surface area contributed by atoms with Crippen molar-refractivity contribution in [2.45, 2.75) is 55.7 Å². The molecule has 3 aromatic carbocycles. The molecule has 0 bridgehead atoms. The second-order valence-electron chi connectivity index (χ2n) is 10.8. The number of benzene rings is 3. The van der Waals surface area contributed by atoms with Gasteiger partial charge in [-0.2, -0.15) is 0 Å². The third kappa shape index (κ3) is 5.63. The van der Waals surface area contributed by atoms with Crippen LogP contribution < -0.4 is 4.74 Å². The number of hydrogen-bond acceptors (Lipinski definition) is 4. The lowest BCUT2D eigenvalue weighted by Crippen LogP contribution is -2.43. The number of likely N-dealkylation sites (tertiary alicyclic amines) is 1. The van der Waals surface area contributed by atoms with Crippen LogP contribution in [0.25, 0.3) is 0 Å². The maximum atomic E-state index is 13.6. The minimum absolute atomic E-state index is 0.0796. The fraction of sp³-hybridized carbons (Fsp3) is 0.387. The zero-order valence-corrected chi connectivity index (χ0v) is 22.4. The van der Waals surface area contributed by atoms with E-state index < -0.39 is 0 Å². The normalized spacial score (nSPS) is 18.7. The molecule has 1 amide bonds. The topological polar surface area (TPSA) is 32.8 Å². The molecular formula is C31H36N2O2S. The maximum Gasteiger partial charge on any atom is 0.256 e. The van der Waals surface area contributed by atoms with Crippen molar-refractivity contribution >= 4 is 17.7 Å². The SMILES string of the molecule is CC(C)(C)c1ccc(Oc2cccc(C3Sc4ccccc4C(=O)N3CCN3CCCCC3)c2)cc1. The summed E-state index contributed by atoms with van der Waals surface area (Å²) < 4.78 is 6.24. The number of carbonyl (C=O) groups excluding carboxylic acids is 1. The number of rotatable bonds is 6. The highest BCUT2D eigenvalue weighted by atomic mass is 32.2. The Morgan fingerprint density at radius 2 is 1.61 bits per heavy atom. The van der Waals surface area contributed by atoms with Crippen molar-refractivity contribution in [3.05, 3.63) is 89.5 Å². The Hall–Kier alpha value is -2.76. The van der Waals surface area contributed by atoms with Gasteiger partial charge in [0.05, 0.1) is 5.56 Å². The van der Waals surface area contributed by atoms with E-state index in [9.17, 15) is 4.79 Å². The number of fused-ring (bicyclic) bond motifs is 1. The Labute approximate surface area is 219 Å². The molecule has 2 heterocycles. The van der Waals surface area contributed by atoms with E-state index in [-0.39, 0.29) is 16.7 Å². The van der Waals surface area contributed by atoms with Crippen LogP contribution in [0.4, 0.5) is 0 Å². The first-order valence-electron chi connectivity index (χ1n) is 13.1. The molecule has 2 aliphatic rings. The van der Waals surface area contributed by atoms with E-state index in [0.717, 1.165) is 53.7 Å². The summed E-state index contributed by atoms with van der Waals surface area (Å²) in [6, 6.07) is 24.5. The van der Waals surface area contributed by atoms with Crippen molar-refractivity contribution in [1.82, 2.24) is 9.80 Å². The average Bonchev–Trinajstić information content (AvgIpc) is 2.89. The maximum absolute atomic E-state index is 13.6. The fourth-order valence-electron chi connectivity index (χ4n) is 4.98. The second-order valence-corrected chi connectivity index (χ2v) is 11.9. The minimum Gasteiger partial charge on any atom is -0.457 e. The quantitative estimate of drug-likeness (QED) is 0.351. The van der Waals surface area contributed by atoms with Gasteiger partial charge in [0.2, 0.25) is 0 Å². The molecule has 2 aliphatic heterocycles. The van der Waals surface area contributed by atoms with Crippen molar-refractivity contribution in [2.24, 2.45) is 0 Å². The number of piperidine rings is 1. The lowest BCUT2D eigenvalue weighted by Gasteiger charge is -2.38. The number of carbonyl (C=O) groups is 1. The third-order valence-corrected chi connectivity index (χ3v) is 8.46. The summed E-state index contributed by atoms with van der Waals surface area (Å²) >= 11 is 1.76. The molecule has 0 saturated carbocycles. The Bertz CT molecular complexity index is 1200. The molecule has 0 aromatic heterocycles. The molecule has 3 aromatic rings. The van der Waals surface area contributed by atoms with Gasteiger partial charge in [-0.05, 0) is 78.9 Å². The molecule has 1 fully saturated rings. The Morgan fingerprint density at radius 1 is 0.861 bits per heavy atom. The van der Waals surface area contributed by atoms with Crippen LogP contribution in [0.2, 0.25) is 0 Å². The van der Waals surface area contributed by atoms with Crippen LogP contribution in [0.15, 0.2) is 77.7 Å². The fourth-order valence-corrected chi connectivity index (χ4v) is 6.27. The first-order valence-corrected chi connectivity index (χ1v) is 13.9. The molecule has 1 atom stereocenters. The van der Waals surface area contributed by atoms with Gasteiger partial charge in [0.15, 0.2) is 0 Å². The summed E-state index contributed by atoms with van der Waals surface area (Å²) in [4.78, 5) is 19.2. The van der Waals surface area contributed by atoms with Gasteiger partial charge in [0, 0.05) is 18.0 Å². The molecule has 4 nitrogen and oxygen atoms in total. The number of thioether (sulfide) groups is 1. The first kappa shape index (κ1) is 24.9. The second kappa shape index (κ2) is 10.7. The molecule has 0 aliphatic carbocycles. The first-order chi connectivity index (χ1) is 17.4. The van der Waals surface area contributed by atoms with Gasteiger partial charge >= 0.3 is 0 Å². The van der Waals surface area contributed by atoms with Crippen LogP contribution in [0, 0.1) is 0 Å². The van der Waals surface area contributed by atoms with Crippen molar-refractivity contribution in [1.29, 1.82) is 0 Å². The van der Waals surface area contributed by atoms with Crippen LogP contribution >= 0.6 is 11.8 Å². The van der Waals surface area contributed by atoms with Gasteiger partial charge in [-0.1, -0.05) is 75.4 Å². The number of amides is 1. The van der Waals surface area contributed by atoms with E-state index in [1.165, 1.54) is 24.8 Å². The molecule has 5 rings (SSSR count). The van der Waals surface area contributed by atoms with Crippen molar-refractivity contribution in [3.8, 4) is 11.5 Å². The van der Waals surface area contributed by atoms with E-state index in [4.69, 9.17) is 4.74 Å². The summed E-state index contributed by atoms with van der Waals surface area (Å²) in [5.74, 6) is 1.73. The van der Waals surface area contributed by atoms with E-state index in [0.29, 0.717) is 0 Å². The number of hydrogen-bond donors (Lipinski definition) is 0. The number of ether oxygens (including phenoxy) is 1. The predicted octanol–water partition coefficient (Wildman–Crippen LogP) is 7.51. The molecular weight excluding hydrogens is 464 g/mol. The van der Waals surface area contributed by atoms with E-state index >= 15 is 0 Å². The van der Waals surface area contributed by atoms with Gasteiger partial charge in [0.25, 0.3) is 5.91 Å². The van der Waals surface area contributed by atoms with Crippen LogP contribution in [0.3, 0.4) is 0 Å². The van der Waals surface area contributed by atoms with E-state index in [2.05, 4.69) is 60.9 Å². The largest absolute Gasteiger partial charge is 0.457 e. The predicted molar refractivity (Wildman–Crippen MR) is 148 cm³/mol. The van der Waals surface area contributed by atoms with Gasteiger partial charge in [-0.15, -0.1) is 0 Å². The Kier molecular flexibility index (Phi) is 7.40. The monoisotopic (exact) mass is 500 g/mol. The Balaban J connectivity index is 1.38. The molecule has 5 heteroatoms. The van der Waals surface area contributed by atoms with Crippen molar-refractivity contribution in [2.75, 3.05) is 26.2 Å². The third-order valence-electron chi connectivity index (χ3n) is 7.11. The highest BCUT2D eigenvalue weighted by molar-refractivity contribution is 7.99. The van der Waals surface area contributed by atoms with E-state index in [1.807, 2.05) is 42.5 Å². The van der Waals surface area contributed by atoms with Crippen LogP contribution in [0.1, 0.15) is 66.9 Å². The molecule has 188 valence electrons. The van der Waals surface area contributed by atoms with Crippen LogP contribution in [-0.2, 0) is 5.41 Å². The van der Waals surface area contributed by atoms with Gasteiger partial charge in [-0.3, -0.25) is 4.79 Å². The zero-order chi connectivity index (χ0) is 25.1. The summed E-state index contributed by atoms with van der Waals surface area (Å²) in [5, 5.41) is -0.0796. The summed E-state index contributed by atoms with van der Waals surface area (Å²) in [5.41, 5.74) is 3.29. The summed E-state index contributed by atoms with van der Waals surface area (Å²) in [6.45, 7) is 10.5. The lowest BCUT2D eigenvalue weighted by atomic mass is 9.87. The van der Waals surface area contributed by atoms with Crippen molar-refractivity contribution in [3.63, 3.8) is 0 Å². The summed E-state index contributed by atoms with van der Waals surface area (Å²) in [6.07, 6.45) is 3.83.